The molecule has 108 valence electrons. The molecular weight excluding hydrogens is 286 g/mol. The van der Waals surface area contributed by atoms with Gasteiger partial charge < -0.3 is 9.47 Å². The van der Waals surface area contributed by atoms with Gasteiger partial charge in [0.2, 0.25) is 0 Å². The molecule has 1 aromatic carbocycles. The van der Waals surface area contributed by atoms with E-state index in [1.807, 2.05) is 31.2 Å². The minimum Gasteiger partial charge on any atom is -0.486 e. The molecule has 0 spiro atoms. The first kappa shape index (κ1) is 13.9. The van der Waals surface area contributed by atoms with Gasteiger partial charge in [-0.3, -0.25) is 9.78 Å². The molecule has 2 heterocycles. The van der Waals surface area contributed by atoms with Crippen LogP contribution in [-0.2, 0) is 0 Å². The van der Waals surface area contributed by atoms with Gasteiger partial charge in [-0.05, 0) is 30.3 Å². The van der Waals surface area contributed by atoms with E-state index in [2.05, 4.69) is 4.98 Å². The van der Waals surface area contributed by atoms with E-state index in [4.69, 9.17) is 9.47 Å². The molecule has 0 saturated carbocycles. The average Bonchev–Trinajstić information content (AvgIpc) is 2.55. The molecule has 5 heteroatoms. The number of ether oxygens (including phenoxy) is 2. The van der Waals surface area contributed by atoms with Gasteiger partial charge >= 0.3 is 0 Å². The van der Waals surface area contributed by atoms with Gasteiger partial charge in [0.15, 0.2) is 17.3 Å². The maximum Gasteiger partial charge on any atom is 0.180 e. The molecule has 1 aliphatic rings. The van der Waals surface area contributed by atoms with Crippen molar-refractivity contribution in [3.05, 3.63) is 42.2 Å². The lowest BCUT2D eigenvalue weighted by Gasteiger charge is -2.18. The standard InChI is InChI=1S/C16H15NO3S/c1-2-14(18)13-5-3-12(10-17-13)21-11-4-6-15-16(9-11)20-8-7-19-15/h3-6,9-10H,2,7-8H2,1H3. The first-order chi connectivity index (χ1) is 10.3. The molecule has 0 atom stereocenters. The Labute approximate surface area is 127 Å². The lowest BCUT2D eigenvalue weighted by molar-refractivity contribution is 0.0983. The van der Waals surface area contributed by atoms with E-state index < -0.39 is 0 Å². The number of carbonyl (C=O) groups excluding carboxylic acids is 1. The predicted molar refractivity (Wildman–Crippen MR) is 80.4 cm³/mol. The normalized spacial score (nSPS) is 13.0. The van der Waals surface area contributed by atoms with Crippen LogP contribution in [0.4, 0.5) is 0 Å². The third kappa shape index (κ3) is 3.19. The molecule has 3 rings (SSSR count). The highest BCUT2D eigenvalue weighted by atomic mass is 32.2. The fourth-order valence-electron chi connectivity index (χ4n) is 2.01. The summed E-state index contributed by atoms with van der Waals surface area (Å²) in [5.41, 5.74) is 0.518. The molecule has 0 aliphatic carbocycles. The average molecular weight is 301 g/mol. The van der Waals surface area contributed by atoms with Gasteiger partial charge in [0, 0.05) is 22.4 Å². The minimum atomic E-state index is 0.0610. The molecule has 2 aromatic rings. The van der Waals surface area contributed by atoms with Crippen LogP contribution in [0.2, 0.25) is 0 Å². The second-order valence-electron chi connectivity index (χ2n) is 4.56. The molecule has 0 unspecified atom stereocenters. The van der Waals surface area contributed by atoms with Crippen molar-refractivity contribution in [2.24, 2.45) is 0 Å². The number of hydrogen-bond donors (Lipinski definition) is 0. The summed E-state index contributed by atoms with van der Waals surface area (Å²) in [5, 5.41) is 0. The molecule has 1 aromatic heterocycles. The third-order valence-electron chi connectivity index (χ3n) is 3.09. The Balaban J connectivity index is 1.75. The monoisotopic (exact) mass is 301 g/mol. The van der Waals surface area contributed by atoms with Gasteiger partial charge in [-0.2, -0.15) is 0 Å². The molecule has 1 aliphatic heterocycles. The van der Waals surface area contributed by atoms with Crippen molar-refractivity contribution in [3.63, 3.8) is 0 Å². The van der Waals surface area contributed by atoms with E-state index in [0.717, 1.165) is 21.3 Å². The van der Waals surface area contributed by atoms with Gasteiger partial charge in [-0.25, -0.2) is 0 Å². The molecule has 0 saturated heterocycles. The number of nitrogens with zero attached hydrogens (tertiary/aromatic N) is 1. The van der Waals surface area contributed by atoms with Crippen LogP contribution in [0.15, 0.2) is 46.3 Å². The zero-order chi connectivity index (χ0) is 14.7. The van der Waals surface area contributed by atoms with E-state index in [9.17, 15) is 4.79 Å². The summed E-state index contributed by atoms with van der Waals surface area (Å²) in [6, 6.07) is 9.55. The Bertz CT molecular complexity index is 655. The Morgan fingerprint density at radius 3 is 2.62 bits per heavy atom. The number of benzene rings is 1. The highest BCUT2D eigenvalue weighted by Crippen LogP contribution is 2.36. The van der Waals surface area contributed by atoms with Gasteiger partial charge in [-0.15, -0.1) is 0 Å². The molecule has 4 nitrogen and oxygen atoms in total. The number of rotatable bonds is 4. The largest absolute Gasteiger partial charge is 0.486 e. The second kappa shape index (κ2) is 6.18. The fraction of sp³-hybridized carbons (Fsp3) is 0.250. The van der Waals surface area contributed by atoms with E-state index in [1.54, 1.807) is 24.0 Å². The van der Waals surface area contributed by atoms with Crippen LogP contribution in [0.5, 0.6) is 11.5 Å². The molecule has 0 fully saturated rings. The molecule has 0 radical (unpaired) electrons. The number of Topliss-reactive ketones (excluding diaryl/α,β-unsaturated/α-hetero) is 1. The van der Waals surface area contributed by atoms with Crippen LogP contribution in [-0.4, -0.2) is 24.0 Å². The molecule has 0 bridgehead atoms. The number of carbonyl (C=O) groups is 1. The lowest BCUT2D eigenvalue weighted by Crippen LogP contribution is -2.15. The number of aromatic nitrogens is 1. The Kier molecular flexibility index (Phi) is 4.10. The van der Waals surface area contributed by atoms with Crippen molar-refractivity contribution >= 4 is 17.5 Å². The van der Waals surface area contributed by atoms with Crippen molar-refractivity contribution in [3.8, 4) is 11.5 Å². The molecule has 0 amide bonds. The Morgan fingerprint density at radius 1 is 1.14 bits per heavy atom. The molecule has 0 N–H and O–H groups in total. The summed E-state index contributed by atoms with van der Waals surface area (Å²) in [5.74, 6) is 1.62. The highest BCUT2D eigenvalue weighted by molar-refractivity contribution is 7.99. The summed E-state index contributed by atoms with van der Waals surface area (Å²) in [7, 11) is 0. The topological polar surface area (TPSA) is 48.4 Å². The third-order valence-corrected chi connectivity index (χ3v) is 4.06. The molecule has 21 heavy (non-hydrogen) atoms. The van der Waals surface area contributed by atoms with Crippen LogP contribution >= 0.6 is 11.8 Å². The minimum absolute atomic E-state index is 0.0610. The summed E-state index contributed by atoms with van der Waals surface area (Å²) < 4.78 is 11.1. The quantitative estimate of drug-likeness (QED) is 0.808. The maximum absolute atomic E-state index is 11.5. The molecular formula is C16H15NO3S. The predicted octanol–water partition coefficient (Wildman–Crippen LogP) is 3.60. The Morgan fingerprint density at radius 2 is 1.90 bits per heavy atom. The van der Waals surface area contributed by atoms with Crippen molar-refractivity contribution in [2.45, 2.75) is 23.1 Å². The number of pyridine rings is 1. The van der Waals surface area contributed by atoms with Crippen LogP contribution < -0.4 is 9.47 Å². The Hall–Kier alpha value is -2.01. The van der Waals surface area contributed by atoms with E-state index in [1.165, 1.54) is 0 Å². The maximum atomic E-state index is 11.5. The number of hydrogen-bond acceptors (Lipinski definition) is 5. The van der Waals surface area contributed by atoms with Gasteiger partial charge in [0.1, 0.15) is 18.9 Å². The van der Waals surface area contributed by atoms with Gasteiger partial charge in [-0.1, -0.05) is 18.7 Å². The fourth-order valence-corrected chi connectivity index (χ4v) is 2.83. The van der Waals surface area contributed by atoms with Crippen molar-refractivity contribution in [2.75, 3.05) is 13.2 Å². The first-order valence-electron chi connectivity index (χ1n) is 6.83. The number of fused-ring (bicyclic) bond motifs is 1. The summed E-state index contributed by atoms with van der Waals surface area (Å²) in [6.45, 7) is 3.01. The lowest BCUT2D eigenvalue weighted by atomic mass is 10.2. The number of ketones is 1. The zero-order valence-electron chi connectivity index (χ0n) is 11.7. The van der Waals surface area contributed by atoms with Gasteiger partial charge in [0.25, 0.3) is 0 Å². The van der Waals surface area contributed by atoms with Crippen LogP contribution in [0.25, 0.3) is 0 Å². The van der Waals surface area contributed by atoms with E-state index >= 15 is 0 Å². The van der Waals surface area contributed by atoms with Crippen LogP contribution in [0.1, 0.15) is 23.8 Å². The SMILES string of the molecule is CCC(=O)c1ccc(Sc2ccc3c(c2)OCCO3)cn1. The van der Waals surface area contributed by atoms with Crippen molar-refractivity contribution < 1.29 is 14.3 Å². The van der Waals surface area contributed by atoms with Gasteiger partial charge in [0.05, 0.1) is 0 Å². The van der Waals surface area contributed by atoms with Crippen LogP contribution in [0, 0.1) is 0 Å². The second-order valence-corrected chi connectivity index (χ2v) is 5.71. The van der Waals surface area contributed by atoms with Crippen molar-refractivity contribution in [1.29, 1.82) is 0 Å². The highest BCUT2D eigenvalue weighted by Gasteiger charge is 2.12. The summed E-state index contributed by atoms with van der Waals surface area (Å²) in [6.07, 6.45) is 2.20. The van der Waals surface area contributed by atoms with E-state index in [0.29, 0.717) is 25.3 Å². The first-order valence-corrected chi connectivity index (χ1v) is 7.64. The zero-order valence-corrected chi connectivity index (χ0v) is 12.5. The summed E-state index contributed by atoms with van der Waals surface area (Å²) >= 11 is 1.58. The van der Waals surface area contributed by atoms with E-state index in [-0.39, 0.29) is 5.78 Å². The smallest absolute Gasteiger partial charge is 0.180 e. The van der Waals surface area contributed by atoms with Crippen LogP contribution in [0.3, 0.4) is 0 Å². The summed E-state index contributed by atoms with van der Waals surface area (Å²) in [4.78, 5) is 17.8. The van der Waals surface area contributed by atoms with Crippen molar-refractivity contribution in [1.82, 2.24) is 4.98 Å².